The van der Waals surface area contributed by atoms with Gasteiger partial charge in [-0.3, -0.25) is 20.4 Å². The molecule has 0 atom stereocenters. The summed E-state index contributed by atoms with van der Waals surface area (Å²) in [7, 11) is 0. The minimum atomic E-state index is -0.162. The van der Waals surface area contributed by atoms with Gasteiger partial charge in [0, 0.05) is 12.8 Å². The Labute approximate surface area is 186 Å². The molecule has 0 heterocycles. The number of hydrogen-bond donors (Lipinski definition) is 2. The summed E-state index contributed by atoms with van der Waals surface area (Å²) in [5.74, 6) is 3.11. The molecule has 4 saturated carbocycles. The van der Waals surface area contributed by atoms with E-state index in [0.717, 1.165) is 23.5 Å². The van der Waals surface area contributed by atoms with E-state index in [1.165, 1.54) is 44.1 Å². The highest BCUT2D eigenvalue weighted by Crippen LogP contribution is 2.61. The minimum Gasteiger partial charge on any atom is -0.494 e. The van der Waals surface area contributed by atoms with Crippen LogP contribution in [0, 0.1) is 23.2 Å². The minimum absolute atomic E-state index is 0.0366. The van der Waals surface area contributed by atoms with Gasteiger partial charge in [0.25, 0.3) is 0 Å². The Kier molecular flexibility index (Phi) is 6.32. The van der Waals surface area contributed by atoms with Gasteiger partial charge in [0.15, 0.2) is 0 Å². The maximum absolute atomic E-state index is 12.5. The van der Waals surface area contributed by atoms with Gasteiger partial charge in [-0.2, -0.15) is 0 Å². The average molecular weight is 427 g/mol. The highest BCUT2D eigenvalue weighted by Gasteiger charge is 2.51. The van der Waals surface area contributed by atoms with Crippen molar-refractivity contribution >= 4 is 11.8 Å². The molecule has 4 bridgehead atoms. The first-order valence-electron chi connectivity index (χ1n) is 12.0. The number of benzene rings is 1. The maximum atomic E-state index is 12.5. The molecule has 0 aromatic heterocycles. The zero-order chi connectivity index (χ0) is 22.1. The van der Waals surface area contributed by atoms with E-state index in [0.29, 0.717) is 25.9 Å². The van der Waals surface area contributed by atoms with E-state index in [1.807, 2.05) is 12.1 Å². The zero-order valence-corrected chi connectivity index (χ0v) is 19.3. The second kappa shape index (κ2) is 8.84. The Bertz CT molecular complexity index is 759. The molecule has 1 aromatic carbocycles. The van der Waals surface area contributed by atoms with E-state index < -0.39 is 0 Å². The van der Waals surface area contributed by atoms with E-state index in [-0.39, 0.29) is 22.6 Å². The van der Waals surface area contributed by atoms with Crippen LogP contribution >= 0.6 is 0 Å². The van der Waals surface area contributed by atoms with Crippen LogP contribution in [-0.2, 0) is 15.0 Å². The van der Waals surface area contributed by atoms with Crippen LogP contribution < -0.4 is 15.6 Å². The quantitative estimate of drug-likeness (QED) is 0.481. The standard InChI is InChI=1S/C26H38N2O3/c1-25(2,3)21-6-8-22(9-7-21)31-10-4-5-23(29)27-28-24(30)17-26-14-18-11-19(15-26)13-20(12-18)16-26/h6-9,18-20H,4-5,10-17H2,1-3H3,(H,27,29)(H,28,30). The summed E-state index contributed by atoms with van der Waals surface area (Å²) in [6, 6.07) is 8.12. The first-order chi connectivity index (χ1) is 14.7. The molecule has 5 nitrogen and oxygen atoms in total. The molecule has 0 radical (unpaired) electrons. The normalized spacial score (nSPS) is 28.9. The van der Waals surface area contributed by atoms with Crippen molar-refractivity contribution in [2.24, 2.45) is 23.2 Å². The van der Waals surface area contributed by atoms with E-state index in [1.54, 1.807) is 0 Å². The van der Waals surface area contributed by atoms with Crippen molar-refractivity contribution in [3.8, 4) is 5.75 Å². The number of rotatable bonds is 7. The fourth-order valence-corrected chi connectivity index (χ4v) is 6.57. The number of nitrogens with one attached hydrogen (secondary N) is 2. The van der Waals surface area contributed by atoms with Crippen LogP contribution in [0.1, 0.15) is 84.1 Å². The Balaban J connectivity index is 1.12. The summed E-state index contributed by atoms with van der Waals surface area (Å²) in [4.78, 5) is 24.6. The zero-order valence-electron chi connectivity index (χ0n) is 19.3. The fourth-order valence-electron chi connectivity index (χ4n) is 6.57. The first kappa shape index (κ1) is 22.2. The molecule has 4 aliphatic rings. The SMILES string of the molecule is CC(C)(C)c1ccc(OCCCC(=O)NNC(=O)CC23CC4CC(CC(C4)C2)C3)cc1. The number of amides is 2. The summed E-state index contributed by atoms with van der Waals surface area (Å²) in [5, 5.41) is 0. The van der Waals surface area contributed by atoms with Gasteiger partial charge in [-0.15, -0.1) is 0 Å². The lowest BCUT2D eigenvalue weighted by Crippen LogP contribution is -2.50. The number of carbonyl (C=O) groups excluding carboxylic acids is 2. The Morgan fingerprint density at radius 3 is 2.03 bits per heavy atom. The molecule has 4 fully saturated rings. The summed E-state index contributed by atoms with van der Waals surface area (Å²) >= 11 is 0. The lowest BCUT2D eigenvalue weighted by atomic mass is 9.49. The lowest BCUT2D eigenvalue weighted by Gasteiger charge is -2.56. The van der Waals surface area contributed by atoms with Crippen molar-refractivity contribution < 1.29 is 14.3 Å². The van der Waals surface area contributed by atoms with Gasteiger partial charge in [0.1, 0.15) is 5.75 Å². The molecule has 31 heavy (non-hydrogen) atoms. The van der Waals surface area contributed by atoms with Crippen LogP contribution in [-0.4, -0.2) is 18.4 Å². The average Bonchev–Trinajstić information content (AvgIpc) is 2.68. The van der Waals surface area contributed by atoms with Crippen LogP contribution in [0.2, 0.25) is 0 Å². The molecular formula is C26H38N2O3. The fraction of sp³-hybridized carbons (Fsp3) is 0.692. The Morgan fingerprint density at radius 1 is 0.935 bits per heavy atom. The van der Waals surface area contributed by atoms with Crippen LogP contribution in [0.5, 0.6) is 5.75 Å². The molecule has 2 N–H and O–H groups in total. The molecule has 5 heteroatoms. The van der Waals surface area contributed by atoms with Crippen LogP contribution in [0.4, 0.5) is 0 Å². The molecule has 0 spiro atoms. The second-order valence-electron chi connectivity index (χ2n) is 11.4. The molecular weight excluding hydrogens is 388 g/mol. The van der Waals surface area contributed by atoms with Crippen molar-refractivity contribution in [2.75, 3.05) is 6.61 Å². The molecule has 0 unspecified atom stereocenters. The summed E-state index contributed by atoms with van der Waals surface area (Å²) in [6.07, 6.45) is 9.23. The predicted octanol–water partition coefficient (Wildman–Crippen LogP) is 4.90. The highest BCUT2D eigenvalue weighted by atomic mass is 16.5. The van der Waals surface area contributed by atoms with E-state index in [4.69, 9.17) is 4.74 Å². The third-order valence-corrected chi connectivity index (χ3v) is 7.58. The topological polar surface area (TPSA) is 67.4 Å². The van der Waals surface area contributed by atoms with E-state index in [9.17, 15) is 9.59 Å². The summed E-state index contributed by atoms with van der Waals surface area (Å²) < 4.78 is 5.74. The molecule has 170 valence electrons. The second-order valence-corrected chi connectivity index (χ2v) is 11.4. The third kappa shape index (κ3) is 5.61. The van der Waals surface area contributed by atoms with Crippen LogP contribution in [0.3, 0.4) is 0 Å². The van der Waals surface area contributed by atoms with Crippen molar-refractivity contribution in [1.29, 1.82) is 0 Å². The van der Waals surface area contributed by atoms with Gasteiger partial charge in [-0.05, 0) is 91.2 Å². The van der Waals surface area contributed by atoms with E-state index >= 15 is 0 Å². The number of ether oxygens (including phenoxy) is 1. The van der Waals surface area contributed by atoms with E-state index in [2.05, 4.69) is 43.8 Å². The predicted molar refractivity (Wildman–Crippen MR) is 121 cm³/mol. The Morgan fingerprint density at radius 2 is 1.48 bits per heavy atom. The molecule has 5 rings (SSSR count). The largest absolute Gasteiger partial charge is 0.494 e. The maximum Gasteiger partial charge on any atom is 0.238 e. The van der Waals surface area contributed by atoms with Gasteiger partial charge in [-0.1, -0.05) is 32.9 Å². The smallest absolute Gasteiger partial charge is 0.238 e. The molecule has 1 aromatic rings. The number of hydrogen-bond acceptors (Lipinski definition) is 3. The molecule has 2 amide bonds. The van der Waals surface area contributed by atoms with Crippen LogP contribution in [0.25, 0.3) is 0 Å². The molecule has 0 aliphatic heterocycles. The number of carbonyl (C=O) groups is 2. The van der Waals surface area contributed by atoms with Crippen molar-refractivity contribution in [3.63, 3.8) is 0 Å². The first-order valence-corrected chi connectivity index (χ1v) is 12.0. The van der Waals surface area contributed by atoms with Gasteiger partial charge < -0.3 is 4.74 Å². The Hall–Kier alpha value is -2.04. The monoisotopic (exact) mass is 426 g/mol. The van der Waals surface area contributed by atoms with Gasteiger partial charge in [-0.25, -0.2) is 0 Å². The third-order valence-electron chi connectivity index (χ3n) is 7.58. The van der Waals surface area contributed by atoms with Crippen LogP contribution in [0.15, 0.2) is 24.3 Å². The summed E-state index contributed by atoms with van der Waals surface area (Å²) in [5.41, 5.74) is 6.83. The lowest BCUT2D eigenvalue weighted by molar-refractivity contribution is -0.134. The van der Waals surface area contributed by atoms with Crippen molar-refractivity contribution in [3.05, 3.63) is 29.8 Å². The van der Waals surface area contributed by atoms with Gasteiger partial charge in [0.05, 0.1) is 6.61 Å². The van der Waals surface area contributed by atoms with Crippen molar-refractivity contribution in [1.82, 2.24) is 10.9 Å². The highest BCUT2D eigenvalue weighted by molar-refractivity contribution is 5.82. The molecule has 0 saturated heterocycles. The van der Waals surface area contributed by atoms with Gasteiger partial charge in [0.2, 0.25) is 11.8 Å². The van der Waals surface area contributed by atoms with Crippen molar-refractivity contribution in [2.45, 2.75) is 84.0 Å². The summed E-state index contributed by atoms with van der Waals surface area (Å²) in [6.45, 7) is 7.03. The molecule has 4 aliphatic carbocycles. The van der Waals surface area contributed by atoms with Gasteiger partial charge >= 0.3 is 0 Å². The number of hydrazine groups is 1.